The second-order valence-corrected chi connectivity index (χ2v) is 7.29. The van der Waals surface area contributed by atoms with Gasteiger partial charge in [-0.2, -0.15) is 13.2 Å². The quantitative estimate of drug-likeness (QED) is 0.431. The Hall–Kier alpha value is -2.95. The fourth-order valence-corrected chi connectivity index (χ4v) is 3.56. The molecule has 4 heterocycles. The van der Waals surface area contributed by atoms with Gasteiger partial charge in [0.2, 0.25) is 5.88 Å². The number of carbonyl (C=O) groups excluding carboxylic acids is 1. The summed E-state index contributed by atoms with van der Waals surface area (Å²) in [5, 5.41) is -0.914. The second kappa shape index (κ2) is 7.63. The molecule has 0 bridgehead atoms. The van der Waals surface area contributed by atoms with Gasteiger partial charge in [-0.3, -0.25) is 4.79 Å². The summed E-state index contributed by atoms with van der Waals surface area (Å²) in [4.78, 5) is 21.7. The number of nitrogens with zero attached hydrogens (tertiary/aromatic N) is 4. The zero-order valence-electron chi connectivity index (χ0n) is 15.6. The number of hydrogen-bond acceptors (Lipinski definition) is 4. The highest BCUT2D eigenvalue weighted by Gasteiger charge is 2.47. The van der Waals surface area contributed by atoms with E-state index in [2.05, 4.69) is 9.97 Å². The van der Waals surface area contributed by atoms with Crippen molar-refractivity contribution < 1.29 is 31.5 Å². The number of ether oxygens (including phenoxy) is 1. The van der Waals surface area contributed by atoms with Gasteiger partial charge in [0.05, 0.1) is 17.7 Å². The highest BCUT2D eigenvalue weighted by atomic mass is 35.5. The molecule has 0 radical (unpaired) electrons. The molecule has 1 atom stereocenters. The molecule has 31 heavy (non-hydrogen) atoms. The van der Waals surface area contributed by atoms with Gasteiger partial charge in [-0.1, -0.05) is 11.6 Å². The fraction of sp³-hybridized carbons (Fsp3) is 0.316. The lowest BCUT2D eigenvalue weighted by Gasteiger charge is -2.38. The lowest BCUT2D eigenvalue weighted by molar-refractivity contribution is -0.138. The largest absolute Gasteiger partial charge is 0.466 e. The minimum Gasteiger partial charge on any atom is -0.466 e. The van der Waals surface area contributed by atoms with E-state index in [0.717, 1.165) is 6.07 Å². The normalized spacial score (nSPS) is 18.9. The molecule has 0 spiro atoms. The van der Waals surface area contributed by atoms with Crippen molar-refractivity contribution in [3.05, 3.63) is 59.1 Å². The highest BCUT2D eigenvalue weighted by molar-refractivity contribution is 6.30. The molecule has 3 aromatic heterocycles. The maximum absolute atomic E-state index is 14.4. The van der Waals surface area contributed by atoms with Gasteiger partial charge in [0.15, 0.2) is 6.10 Å². The molecule has 164 valence electrons. The van der Waals surface area contributed by atoms with Crippen LogP contribution in [0.5, 0.6) is 5.88 Å². The van der Waals surface area contributed by atoms with Crippen LogP contribution in [-0.2, 0) is 6.18 Å². The van der Waals surface area contributed by atoms with Gasteiger partial charge in [0.25, 0.3) is 11.8 Å². The van der Waals surface area contributed by atoms with Crippen LogP contribution in [0.2, 0.25) is 5.15 Å². The lowest BCUT2D eigenvalue weighted by Crippen LogP contribution is -2.55. The maximum atomic E-state index is 14.4. The lowest BCUT2D eigenvalue weighted by atomic mass is 10.0. The van der Waals surface area contributed by atoms with E-state index in [9.17, 15) is 26.7 Å². The van der Waals surface area contributed by atoms with Crippen LogP contribution in [-0.4, -0.2) is 50.3 Å². The fourth-order valence-electron chi connectivity index (χ4n) is 3.30. The Morgan fingerprint density at radius 2 is 2.00 bits per heavy atom. The average molecular weight is 461 g/mol. The molecule has 1 fully saturated rings. The Balaban J connectivity index is 1.56. The summed E-state index contributed by atoms with van der Waals surface area (Å²) in [5.74, 6) is -4.33. The van der Waals surface area contributed by atoms with Crippen molar-refractivity contribution >= 4 is 23.2 Å². The summed E-state index contributed by atoms with van der Waals surface area (Å²) in [6, 6.07) is 4.58. The summed E-state index contributed by atoms with van der Waals surface area (Å²) in [7, 11) is 0. The Labute approximate surface area is 177 Å². The summed E-state index contributed by atoms with van der Waals surface area (Å²) in [6.07, 6.45) is -2.41. The minimum atomic E-state index is -4.74. The summed E-state index contributed by atoms with van der Waals surface area (Å²) < 4.78 is 74.1. The zero-order chi connectivity index (χ0) is 22.4. The van der Waals surface area contributed by atoms with Gasteiger partial charge in [-0.05, 0) is 18.2 Å². The van der Waals surface area contributed by atoms with Gasteiger partial charge in [-0.15, -0.1) is 0 Å². The van der Waals surface area contributed by atoms with E-state index in [1.165, 1.54) is 17.2 Å². The number of hydrogen-bond donors (Lipinski definition) is 0. The maximum Gasteiger partial charge on any atom is 0.419 e. The van der Waals surface area contributed by atoms with Gasteiger partial charge >= 0.3 is 6.18 Å². The van der Waals surface area contributed by atoms with Crippen LogP contribution in [0.1, 0.15) is 22.3 Å². The van der Waals surface area contributed by atoms with Gasteiger partial charge in [0, 0.05) is 37.6 Å². The molecule has 4 rings (SSSR count). The van der Waals surface area contributed by atoms with E-state index in [0.29, 0.717) is 11.7 Å². The van der Waals surface area contributed by atoms with Crippen molar-refractivity contribution in [3.63, 3.8) is 0 Å². The molecule has 1 aliphatic rings. The number of pyridine rings is 2. The van der Waals surface area contributed by atoms with E-state index in [-0.39, 0.29) is 12.1 Å². The number of rotatable bonds is 3. The van der Waals surface area contributed by atoms with Crippen LogP contribution in [0.15, 0.2) is 42.9 Å². The summed E-state index contributed by atoms with van der Waals surface area (Å²) >= 11 is 5.53. The van der Waals surface area contributed by atoms with Gasteiger partial charge in [-0.25, -0.2) is 18.7 Å². The topological polar surface area (TPSA) is 59.7 Å². The van der Waals surface area contributed by atoms with Crippen LogP contribution >= 0.6 is 11.6 Å². The number of amides is 1. The van der Waals surface area contributed by atoms with E-state index < -0.39 is 53.7 Å². The molecule has 3 aromatic rings. The number of halogens is 6. The predicted molar refractivity (Wildman–Crippen MR) is 99.3 cm³/mol. The molecule has 6 nitrogen and oxygen atoms in total. The third kappa shape index (κ3) is 4.14. The van der Waals surface area contributed by atoms with Gasteiger partial charge < -0.3 is 14.0 Å². The third-order valence-corrected chi connectivity index (χ3v) is 5.19. The second-order valence-electron chi connectivity index (χ2n) is 6.93. The molecule has 1 aliphatic heterocycles. The molecule has 12 heteroatoms. The Morgan fingerprint density at radius 1 is 1.23 bits per heavy atom. The first-order valence-electron chi connectivity index (χ1n) is 9.05. The van der Waals surface area contributed by atoms with Crippen LogP contribution in [0.3, 0.4) is 0 Å². The van der Waals surface area contributed by atoms with Crippen molar-refractivity contribution in [1.29, 1.82) is 0 Å². The SMILES string of the molecule is O=C(c1cccn2ccnc12)N1CCC(F)(F)C(Oc2ccc(C(F)(F)F)c(Cl)n2)C1. The van der Waals surface area contributed by atoms with E-state index in [1.807, 2.05) is 0 Å². The molecule has 1 amide bonds. The van der Waals surface area contributed by atoms with Gasteiger partial charge in [0.1, 0.15) is 10.8 Å². The van der Waals surface area contributed by atoms with E-state index in [4.69, 9.17) is 16.3 Å². The van der Waals surface area contributed by atoms with Crippen molar-refractivity contribution in [2.45, 2.75) is 24.6 Å². The van der Waals surface area contributed by atoms with Crippen LogP contribution in [0.25, 0.3) is 5.65 Å². The standard InChI is InChI=1S/C19H14ClF5N4O2/c20-15-12(19(23,24)25)3-4-14(27-15)31-13-10-29(8-5-18(13,21)22)17(30)11-2-1-7-28-9-6-26-16(11)28/h1-4,6-7,9,13H,5,8,10H2. The number of imidazole rings is 1. The van der Waals surface area contributed by atoms with Crippen molar-refractivity contribution in [2.24, 2.45) is 0 Å². The monoisotopic (exact) mass is 460 g/mol. The molecular formula is C19H14ClF5N4O2. The number of fused-ring (bicyclic) bond motifs is 1. The predicted octanol–water partition coefficient (Wildman–Crippen LogP) is 4.33. The third-order valence-electron chi connectivity index (χ3n) is 4.90. The van der Waals surface area contributed by atoms with Crippen LogP contribution in [0.4, 0.5) is 22.0 Å². The average Bonchev–Trinajstić information content (AvgIpc) is 3.17. The van der Waals surface area contributed by atoms with E-state index >= 15 is 0 Å². The van der Waals surface area contributed by atoms with Crippen molar-refractivity contribution in [1.82, 2.24) is 19.3 Å². The number of aromatic nitrogens is 3. The number of carbonyl (C=O) groups is 1. The minimum absolute atomic E-state index is 0.228. The molecule has 0 aliphatic carbocycles. The number of alkyl halides is 5. The van der Waals surface area contributed by atoms with Crippen molar-refractivity contribution in [2.75, 3.05) is 13.1 Å². The smallest absolute Gasteiger partial charge is 0.419 e. The molecule has 0 aromatic carbocycles. The summed E-state index contributed by atoms with van der Waals surface area (Å²) in [5.41, 5.74) is -0.604. The Morgan fingerprint density at radius 3 is 2.71 bits per heavy atom. The van der Waals surface area contributed by atoms with Crippen LogP contribution < -0.4 is 4.74 Å². The summed E-state index contributed by atoms with van der Waals surface area (Å²) in [6.45, 7) is -0.720. The molecule has 1 unspecified atom stereocenters. The molecule has 0 saturated carbocycles. The first kappa shape index (κ1) is 21.3. The van der Waals surface area contributed by atoms with Crippen molar-refractivity contribution in [3.8, 4) is 5.88 Å². The molecular weight excluding hydrogens is 447 g/mol. The first-order chi connectivity index (χ1) is 14.6. The number of likely N-dealkylation sites (tertiary alicyclic amines) is 1. The highest BCUT2D eigenvalue weighted by Crippen LogP contribution is 2.36. The van der Waals surface area contributed by atoms with E-state index in [1.54, 1.807) is 22.9 Å². The molecule has 0 N–H and O–H groups in total. The zero-order valence-corrected chi connectivity index (χ0v) is 16.4. The van der Waals surface area contributed by atoms with Crippen LogP contribution in [0, 0.1) is 0 Å². The Kier molecular flexibility index (Phi) is 5.24. The Bertz CT molecular complexity index is 1130. The molecule has 1 saturated heterocycles. The number of piperidine rings is 1. The first-order valence-corrected chi connectivity index (χ1v) is 9.43.